The third-order valence-corrected chi connectivity index (χ3v) is 10.4. The van der Waals surface area contributed by atoms with Gasteiger partial charge in [0.15, 0.2) is 5.69 Å². The smallest absolute Gasteiger partial charge is 0.274 e. The molecule has 0 fully saturated rings. The largest absolute Gasteiger partial charge is 0.492 e. The van der Waals surface area contributed by atoms with Crippen LogP contribution in [0.1, 0.15) is 40.2 Å². The molecule has 0 unspecified atom stereocenters. The molecule has 4 aromatic rings. The Bertz CT molecular complexity index is 1840. The first-order valence-electron chi connectivity index (χ1n) is 15.3. The first kappa shape index (κ1) is 31.8. The van der Waals surface area contributed by atoms with Crippen LogP contribution in [0.2, 0.25) is 5.02 Å². The summed E-state index contributed by atoms with van der Waals surface area (Å²) in [5, 5.41) is 4.81. The molecule has 6 rings (SSSR count). The fraction of sp³-hybridized carbons (Fsp3) is 0.375. The molecule has 2 aromatic heterocycles. The van der Waals surface area contributed by atoms with Crippen LogP contribution in [0.15, 0.2) is 71.9 Å². The van der Waals surface area contributed by atoms with Crippen molar-refractivity contribution in [3.8, 4) is 17.1 Å². The fourth-order valence-electron chi connectivity index (χ4n) is 5.77. The number of rotatable bonds is 3. The van der Waals surface area contributed by atoms with Crippen molar-refractivity contribution in [2.24, 2.45) is 0 Å². The SMILES string of the molecule is CN1CCn2nc(C(=O)N3CCCCN(S(=O)(=O)c4cccc(Cl)c4)CCOc4cccc(c4)-c4nccn4CCC3)cc2C1=O. The van der Waals surface area contributed by atoms with Crippen LogP contribution < -0.4 is 4.74 Å². The number of ether oxygens (including phenoxy) is 1. The van der Waals surface area contributed by atoms with E-state index < -0.39 is 10.0 Å². The third-order valence-electron chi connectivity index (χ3n) is 8.26. The maximum atomic E-state index is 13.8. The Hall–Kier alpha value is -4.20. The molecule has 0 saturated carbocycles. The molecule has 4 heterocycles. The zero-order valence-electron chi connectivity index (χ0n) is 25.6. The number of hydrogen-bond acceptors (Lipinski definition) is 7. The lowest BCUT2D eigenvalue weighted by Crippen LogP contribution is -2.37. The van der Waals surface area contributed by atoms with Crippen LogP contribution in [0.3, 0.4) is 0 Å². The normalized spacial score (nSPS) is 17.1. The number of aromatic nitrogens is 4. The van der Waals surface area contributed by atoms with E-state index in [-0.39, 0.29) is 42.1 Å². The molecule has 0 N–H and O–H groups in total. The Morgan fingerprint density at radius 2 is 1.72 bits per heavy atom. The summed E-state index contributed by atoms with van der Waals surface area (Å²) < 4.78 is 38.5. The number of hydrogen-bond donors (Lipinski definition) is 0. The predicted octanol–water partition coefficient (Wildman–Crippen LogP) is 3.88. The molecule has 14 heteroatoms. The first-order valence-corrected chi connectivity index (χ1v) is 17.2. The van der Waals surface area contributed by atoms with Gasteiger partial charge in [0, 0.05) is 75.4 Å². The number of amides is 2. The fourth-order valence-corrected chi connectivity index (χ4v) is 7.54. The van der Waals surface area contributed by atoms with E-state index in [1.807, 2.05) is 35.0 Å². The number of aryl methyl sites for hydroxylation is 1. The Morgan fingerprint density at radius 3 is 2.57 bits per heavy atom. The van der Waals surface area contributed by atoms with Gasteiger partial charge in [-0.05, 0) is 49.6 Å². The van der Waals surface area contributed by atoms with Crippen molar-refractivity contribution >= 4 is 33.4 Å². The summed E-state index contributed by atoms with van der Waals surface area (Å²) in [5.41, 5.74) is 1.49. The Morgan fingerprint density at radius 1 is 0.913 bits per heavy atom. The minimum atomic E-state index is -3.87. The summed E-state index contributed by atoms with van der Waals surface area (Å²) in [6.07, 6.45) is 5.36. The van der Waals surface area contributed by atoms with E-state index in [1.54, 1.807) is 45.9 Å². The molecule has 2 amide bonds. The lowest BCUT2D eigenvalue weighted by Gasteiger charge is -2.24. The van der Waals surface area contributed by atoms with Gasteiger partial charge in [0.25, 0.3) is 11.8 Å². The number of imidazole rings is 1. The van der Waals surface area contributed by atoms with E-state index in [0.717, 1.165) is 11.4 Å². The average molecular weight is 666 g/mol. The molecule has 2 aliphatic heterocycles. The van der Waals surface area contributed by atoms with Crippen LogP contribution in [-0.4, -0.2) is 100 Å². The van der Waals surface area contributed by atoms with Gasteiger partial charge in [0.1, 0.15) is 23.9 Å². The van der Waals surface area contributed by atoms with Crippen LogP contribution in [0.5, 0.6) is 5.75 Å². The van der Waals surface area contributed by atoms with E-state index in [4.69, 9.17) is 16.3 Å². The molecule has 0 saturated heterocycles. The van der Waals surface area contributed by atoms with Crippen molar-refractivity contribution in [3.63, 3.8) is 0 Å². The van der Waals surface area contributed by atoms with Crippen LogP contribution in [0.4, 0.5) is 0 Å². The summed E-state index contributed by atoms with van der Waals surface area (Å²) in [4.78, 5) is 34.5. The van der Waals surface area contributed by atoms with Gasteiger partial charge < -0.3 is 19.1 Å². The molecule has 242 valence electrons. The molecule has 2 aliphatic rings. The summed E-state index contributed by atoms with van der Waals surface area (Å²) in [5.74, 6) is 0.955. The molecule has 2 bridgehead atoms. The molecule has 0 radical (unpaired) electrons. The number of halogens is 1. The minimum absolute atomic E-state index is 0.112. The quantitative estimate of drug-likeness (QED) is 0.326. The highest BCUT2D eigenvalue weighted by molar-refractivity contribution is 7.89. The second-order valence-electron chi connectivity index (χ2n) is 11.4. The molecule has 0 aliphatic carbocycles. The zero-order valence-corrected chi connectivity index (χ0v) is 27.2. The first-order chi connectivity index (χ1) is 22.2. The Balaban J connectivity index is 1.27. The maximum Gasteiger partial charge on any atom is 0.274 e. The van der Waals surface area contributed by atoms with E-state index >= 15 is 0 Å². The number of likely N-dealkylation sites (N-methyl/N-ethyl adjacent to an activating group) is 1. The van der Waals surface area contributed by atoms with E-state index in [2.05, 4.69) is 10.1 Å². The number of carbonyl (C=O) groups excluding carboxylic acids is 2. The van der Waals surface area contributed by atoms with Crippen molar-refractivity contribution in [3.05, 3.63) is 83.4 Å². The van der Waals surface area contributed by atoms with Gasteiger partial charge in [0.05, 0.1) is 11.4 Å². The molecule has 46 heavy (non-hydrogen) atoms. The summed E-state index contributed by atoms with van der Waals surface area (Å²) in [6, 6.07) is 15.4. The summed E-state index contributed by atoms with van der Waals surface area (Å²) in [6.45, 7) is 3.01. The van der Waals surface area contributed by atoms with E-state index in [0.29, 0.717) is 68.5 Å². The molecule has 0 atom stereocenters. The van der Waals surface area contributed by atoms with Crippen LogP contribution in [0.25, 0.3) is 11.4 Å². The van der Waals surface area contributed by atoms with Gasteiger partial charge in [0.2, 0.25) is 10.0 Å². The van der Waals surface area contributed by atoms with E-state index in [1.165, 1.54) is 16.4 Å². The summed E-state index contributed by atoms with van der Waals surface area (Å²) >= 11 is 6.14. The lowest BCUT2D eigenvalue weighted by atomic mass is 10.2. The highest BCUT2D eigenvalue weighted by Crippen LogP contribution is 2.25. The van der Waals surface area contributed by atoms with Crippen molar-refractivity contribution in [1.29, 1.82) is 0 Å². The van der Waals surface area contributed by atoms with Crippen LogP contribution in [-0.2, 0) is 23.1 Å². The molecular weight excluding hydrogens is 630 g/mol. The number of fused-ring (bicyclic) bond motifs is 5. The van der Waals surface area contributed by atoms with E-state index in [9.17, 15) is 18.0 Å². The predicted molar refractivity (Wildman–Crippen MR) is 172 cm³/mol. The maximum absolute atomic E-state index is 13.8. The van der Waals surface area contributed by atoms with Gasteiger partial charge >= 0.3 is 0 Å². The number of nitrogens with zero attached hydrogens (tertiary/aromatic N) is 7. The molecule has 12 nitrogen and oxygen atoms in total. The zero-order chi connectivity index (χ0) is 32.3. The molecule has 0 spiro atoms. The minimum Gasteiger partial charge on any atom is -0.492 e. The van der Waals surface area contributed by atoms with Crippen LogP contribution >= 0.6 is 11.6 Å². The van der Waals surface area contributed by atoms with Gasteiger partial charge in [-0.25, -0.2) is 13.4 Å². The van der Waals surface area contributed by atoms with Crippen molar-refractivity contribution < 1.29 is 22.7 Å². The molecular formula is C32H36ClN7O5S. The van der Waals surface area contributed by atoms with Crippen LogP contribution in [0, 0.1) is 0 Å². The summed E-state index contributed by atoms with van der Waals surface area (Å²) in [7, 11) is -2.14. The Kier molecular flexibility index (Phi) is 9.43. The Labute approximate surface area is 273 Å². The number of sulfonamides is 1. The monoisotopic (exact) mass is 665 g/mol. The number of carbonyl (C=O) groups is 2. The average Bonchev–Trinajstić information content (AvgIpc) is 3.70. The second-order valence-corrected chi connectivity index (χ2v) is 13.8. The second kappa shape index (κ2) is 13.7. The standard InChI is InChI=1S/C32H36ClN7O5S/c1-36-17-18-40-29(32(36)42)23-28(35-40)31(41)38-12-2-3-15-39(46(43,44)27-10-5-8-25(33)22-27)19-20-45-26-9-4-7-24(21-26)30-34-11-16-37(30)13-6-14-38/h4-5,7-11,16,21-23H,2-3,6,12-15,17-20H2,1H3. The number of benzene rings is 2. The highest BCUT2D eigenvalue weighted by Gasteiger charge is 2.28. The highest BCUT2D eigenvalue weighted by atomic mass is 35.5. The molecule has 2 aromatic carbocycles. The van der Waals surface area contributed by atoms with Crippen molar-refractivity contribution in [2.45, 2.75) is 37.2 Å². The van der Waals surface area contributed by atoms with Gasteiger partial charge in [-0.15, -0.1) is 0 Å². The van der Waals surface area contributed by atoms with Gasteiger partial charge in [-0.3, -0.25) is 14.3 Å². The van der Waals surface area contributed by atoms with Crippen molar-refractivity contribution in [2.75, 3.05) is 46.4 Å². The van der Waals surface area contributed by atoms with Crippen molar-refractivity contribution in [1.82, 2.24) is 33.4 Å². The third kappa shape index (κ3) is 6.81. The topological polar surface area (TPSA) is 123 Å². The lowest BCUT2D eigenvalue weighted by molar-refractivity contribution is 0.0729. The van der Waals surface area contributed by atoms with Gasteiger partial charge in [-0.2, -0.15) is 9.40 Å². The van der Waals surface area contributed by atoms with Gasteiger partial charge in [-0.1, -0.05) is 29.8 Å².